The molecule has 1 aromatic heterocycles. The molecule has 0 unspecified atom stereocenters. The number of phenols is 1. The van der Waals surface area contributed by atoms with Crippen LogP contribution in [-0.4, -0.2) is 20.0 Å². The van der Waals surface area contributed by atoms with E-state index in [0.29, 0.717) is 17.1 Å². The first-order chi connectivity index (χ1) is 16.8. The molecule has 0 fully saturated rings. The molecule has 0 amide bonds. The van der Waals surface area contributed by atoms with Crippen molar-refractivity contribution in [2.24, 2.45) is 0 Å². The Morgan fingerprint density at radius 1 is 0.865 bits per heavy atom. The largest absolute Gasteiger partial charge is 0.507 e. The van der Waals surface area contributed by atoms with Gasteiger partial charge in [0.1, 0.15) is 5.75 Å². The highest BCUT2D eigenvalue weighted by Crippen LogP contribution is 2.40. The van der Waals surface area contributed by atoms with Crippen LogP contribution in [0.4, 0.5) is 0 Å². The molecule has 0 atom stereocenters. The first-order valence-corrected chi connectivity index (χ1v) is 12.5. The van der Waals surface area contributed by atoms with Crippen LogP contribution in [0, 0.1) is 5.41 Å². The molecule has 0 radical (unpaired) electrons. The monoisotopic (exact) mass is 583 g/mol. The second kappa shape index (κ2) is 10.5. The molecule has 0 spiro atoms. The van der Waals surface area contributed by atoms with Crippen molar-refractivity contribution in [3.63, 3.8) is 0 Å². The van der Waals surface area contributed by atoms with Crippen molar-refractivity contribution in [1.82, 2.24) is 9.13 Å². The number of rotatable bonds is 5. The van der Waals surface area contributed by atoms with Crippen molar-refractivity contribution in [2.75, 3.05) is 0 Å². The number of imidazole rings is 1. The number of benzene rings is 3. The van der Waals surface area contributed by atoms with E-state index in [-0.39, 0.29) is 51.5 Å². The van der Waals surface area contributed by atoms with Crippen LogP contribution in [-0.2, 0) is 23.9 Å². The van der Waals surface area contributed by atoms with Crippen LogP contribution in [0.2, 0.25) is 5.02 Å². The van der Waals surface area contributed by atoms with E-state index in [9.17, 15) is 9.90 Å². The van der Waals surface area contributed by atoms with E-state index in [1.165, 1.54) is 0 Å². The summed E-state index contributed by atoms with van der Waals surface area (Å²) in [6.07, 6.45) is 0. The third-order valence-electron chi connectivity index (χ3n) is 6.61. The fourth-order valence-electron chi connectivity index (χ4n) is 4.59. The molecule has 0 saturated heterocycles. The summed E-state index contributed by atoms with van der Waals surface area (Å²) >= 11 is 6.41. The van der Waals surface area contributed by atoms with E-state index in [1.54, 1.807) is 16.7 Å². The summed E-state index contributed by atoms with van der Waals surface area (Å²) in [5, 5.41) is 20.6. The Balaban J connectivity index is 0.00000380. The van der Waals surface area contributed by atoms with Crippen LogP contribution in [0.1, 0.15) is 68.6 Å². The molecule has 0 bridgehead atoms. The van der Waals surface area contributed by atoms with Gasteiger partial charge < -0.3 is 14.2 Å². The number of nitrogens with one attached hydrogen (secondary N) is 1. The lowest BCUT2D eigenvalue weighted by Gasteiger charge is -2.28. The second-order valence-corrected chi connectivity index (χ2v) is 11.8. The lowest BCUT2D eigenvalue weighted by Crippen LogP contribution is -2.28. The van der Waals surface area contributed by atoms with Crippen molar-refractivity contribution in [1.29, 1.82) is 5.41 Å². The fraction of sp³-hybridized carbons (Fsp3) is 0.333. The summed E-state index contributed by atoms with van der Waals surface area (Å²) in [6, 6.07) is 19.0. The summed E-state index contributed by atoms with van der Waals surface area (Å²) in [5.74, 6) is 0.141. The second-order valence-electron chi connectivity index (χ2n) is 11.4. The first-order valence-electron chi connectivity index (χ1n) is 12.2. The molecular formula is C30H35BrClN3O2. The van der Waals surface area contributed by atoms with E-state index < -0.39 is 0 Å². The van der Waals surface area contributed by atoms with E-state index in [0.717, 1.165) is 27.7 Å². The zero-order valence-electron chi connectivity index (χ0n) is 22.2. The zero-order valence-corrected chi connectivity index (χ0v) is 24.7. The molecule has 0 aliphatic rings. The van der Waals surface area contributed by atoms with Gasteiger partial charge in [-0.2, -0.15) is 0 Å². The average Bonchev–Trinajstić information content (AvgIpc) is 3.05. The van der Waals surface area contributed by atoms with Gasteiger partial charge in [0.2, 0.25) is 5.62 Å². The van der Waals surface area contributed by atoms with Crippen LogP contribution < -0.4 is 5.62 Å². The Morgan fingerprint density at radius 3 is 1.86 bits per heavy atom. The molecule has 7 heteroatoms. The molecule has 0 aliphatic carbocycles. The molecule has 0 aliphatic heterocycles. The number of hydrogen-bond donors (Lipinski definition) is 2. The standard InChI is InChI=1S/C30H34ClN3O2.BrH/c1-29(2,3)21-15-20(16-22(27(21)36)30(4,5)6)26(35)18-34-25-14-10-9-13-24(25)33(28(34)32)17-19-11-7-8-12-23(19)31;/h7-16,32,36H,17-18H2,1-6H3;1H. The van der Waals surface area contributed by atoms with Gasteiger partial charge in [0.15, 0.2) is 5.78 Å². The van der Waals surface area contributed by atoms with Crippen molar-refractivity contribution >= 4 is 45.4 Å². The quantitative estimate of drug-likeness (QED) is 0.240. The van der Waals surface area contributed by atoms with E-state index in [4.69, 9.17) is 17.0 Å². The highest BCUT2D eigenvalue weighted by atomic mass is 79.9. The lowest BCUT2D eigenvalue weighted by molar-refractivity contribution is 0.0971. The predicted molar refractivity (Wildman–Crippen MR) is 156 cm³/mol. The summed E-state index contributed by atoms with van der Waals surface area (Å²) in [7, 11) is 0. The van der Waals surface area contributed by atoms with Gasteiger partial charge in [0, 0.05) is 21.7 Å². The number of aromatic hydroxyl groups is 1. The minimum atomic E-state index is -0.334. The molecular weight excluding hydrogens is 550 g/mol. The van der Waals surface area contributed by atoms with Gasteiger partial charge in [-0.15, -0.1) is 17.0 Å². The van der Waals surface area contributed by atoms with Crippen molar-refractivity contribution in [3.8, 4) is 5.75 Å². The minimum Gasteiger partial charge on any atom is -0.507 e. The molecule has 4 aromatic rings. The maximum absolute atomic E-state index is 13.7. The summed E-state index contributed by atoms with van der Waals surface area (Å²) in [6.45, 7) is 12.6. The van der Waals surface area contributed by atoms with Gasteiger partial charge in [0.25, 0.3) is 0 Å². The summed E-state index contributed by atoms with van der Waals surface area (Å²) < 4.78 is 3.62. The zero-order chi connectivity index (χ0) is 26.4. The van der Waals surface area contributed by atoms with E-state index in [1.807, 2.05) is 94.6 Å². The molecule has 1 heterocycles. The van der Waals surface area contributed by atoms with Crippen LogP contribution in [0.15, 0.2) is 60.7 Å². The van der Waals surface area contributed by atoms with Crippen molar-refractivity contribution in [3.05, 3.63) is 93.6 Å². The number of phenolic OH excluding ortho intramolecular Hbond substituents is 1. The maximum atomic E-state index is 13.7. The molecule has 0 saturated carbocycles. The highest BCUT2D eigenvalue weighted by Gasteiger charge is 2.28. The van der Waals surface area contributed by atoms with Gasteiger partial charge in [0.05, 0.1) is 24.1 Å². The smallest absolute Gasteiger partial charge is 0.203 e. The average molecular weight is 585 g/mol. The Bertz CT molecular complexity index is 1490. The summed E-state index contributed by atoms with van der Waals surface area (Å²) in [4.78, 5) is 13.7. The lowest BCUT2D eigenvalue weighted by atomic mass is 9.78. The number of halogens is 2. The highest BCUT2D eigenvalue weighted by molar-refractivity contribution is 8.93. The number of carbonyl (C=O) groups excluding carboxylic acids is 1. The fourth-order valence-corrected chi connectivity index (χ4v) is 4.78. The van der Waals surface area contributed by atoms with Gasteiger partial charge in [-0.25, -0.2) is 0 Å². The minimum absolute atomic E-state index is 0. The van der Waals surface area contributed by atoms with E-state index >= 15 is 0 Å². The molecule has 5 nitrogen and oxygen atoms in total. The molecule has 3 aromatic carbocycles. The van der Waals surface area contributed by atoms with Gasteiger partial charge in [-0.1, -0.05) is 83.5 Å². The molecule has 4 rings (SSSR count). The number of fused-ring (bicyclic) bond motifs is 1. The maximum Gasteiger partial charge on any atom is 0.203 e. The van der Waals surface area contributed by atoms with Crippen molar-refractivity contribution in [2.45, 2.75) is 65.5 Å². The Morgan fingerprint density at radius 2 is 1.35 bits per heavy atom. The number of carbonyl (C=O) groups is 1. The molecule has 2 N–H and O–H groups in total. The topological polar surface area (TPSA) is 71.0 Å². The number of hydrogen-bond acceptors (Lipinski definition) is 3. The Labute approximate surface area is 234 Å². The third kappa shape index (κ3) is 5.70. The Hall–Kier alpha value is -2.83. The van der Waals surface area contributed by atoms with Crippen LogP contribution in [0.25, 0.3) is 11.0 Å². The van der Waals surface area contributed by atoms with Crippen molar-refractivity contribution < 1.29 is 9.90 Å². The predicted octanol–water partition coefficient (Wildman–Crippen LogP) is 7.39. The van der Waals surface area contributed by atoms with Gasteiger partial charge >= 0.3 is 0 Å². The molecule has 196 valence electrons. The number of nitrogens with zero attached hydrogens (tertiary/aromatic N) is 2. The van der Waals surface area contributed by atoms with Gasteiger partial charge in [-0.05, 0) is 46.7 Å². The van der Waals surface area contributed by atoms with Crippen LogP contribution >= 0.6 is 28.6 Å². The Kier molecular flexibility index (Phi) is 8.16. The number of Topliss-reactive ketones (excluding diaryl/α,β-unsaturated/α-hetero) is 1. The normalized spacial score (nSPS) is 12.0. The molecule has 37 heavy (non-hydrogen) atoms. The first kappa shape index (κ1) is 28.7. The summed E-state index contributed by atoms with van der Waals surface area (Å²) in [5.41, 5.74) is 4.19. The SMILES string of the molecule is Br.CC(C)(C)c1cc(C(=O)Cn2c(=N)n(Cc3ccccc3Cl)c3ccccc32)cc(C(C)(C)C)c1O. The third-order valence-corrected chi connectivity index (χ3v) is 6.98. The van der Waals surface area contributed by atoms with Gasteiger partial charge in [-0.3, -0.25) is 10.2 Å². The number of para-hydroxylation sites is 2. The number of ketones is 1. The van der Waals surface area contributed by atoms with Crippen LogP contribution in [0.3, 0.4) is 0 Å². The van der Waals surface area contributed by atoms with E-state index in [2.05, 4.69) is 0 Å². The number of aromatic nitrogens is 2. The van der Waals surface area contributed by atoms with Crippen LogP contribution in [0.5, 0.6) is 5.75 Å².